The third-order valence-corrected chi connectivity index (χ3v) is 5.07. The summed E-state index contributed by atoms with van der Waals surface area (Å²) in [7, 11) is -3.64. The summed E-state index contributed by atoms with van der Waals surface area (Å²) in [4.78, 5) is 8.10. The van der Waals surface area contributed by atoms with Crippen molar-refractivity contribution < 1.29 is 22.7 Å². The minimum atomic E-state index is -3.64. The lowest BCUT2D eigenvalue weighted by Gasteiger charge is -2.11. The Balaban J connectivity index is 1.80. The van der Waals surface area contributed by atoms with Crippen LogP contribution in [0.2, 0.25) is 0 Å². The van der Waals surface area contributed by atoms with Gasteiger partial charge >= 0.3 is 10.0 Å². The van der Waals surface area contributed by atoms with Crippen molar-refractivity contribution in [1.82, 2.24) is 9.97 Å². The minimum Gasteiger partial charge on any atom is -0.481 e. The SMILES string of the molecule is C#CCOc1ccc(Nc2nc(Nc3ccc(C)c(S([NH3+])(=O)=O)c3)ncc2F)cc1. The van der Waals surface area contributed by atoms with E-state index in [-0.39, 0.29) is 23.3 Å². The highest BCUT2D eigenvalue weighted by atomic mass is 32.2. The van der Waals surface area contributed by atoms with Gasteiger partial charge in [-0.3, -0.25) is 0 Å². The molecule has 3 rings (SSSR count). The minimum absolute atomic E-state index is 0.0538. The fraction of sp³-hybridized carbons (Fsp3) is 0.100. The van der Waals surface area contributed by atoms with Gasteiger partial charge in [0.2, 0.25) is 5.95 Å². The van der Waals surface area contributed by atoms with Crippen LogP contribution in [-0.4, -0.2) is 25.0 Å². The molecule has 0 bridgehead atoms. The summed E-state index contributed by atoms with van der Waals surface area (Å²) in [6.07, 6.45) is 6.16. The van der Waals surface area contributed by atoms with Gasteiger partial charge in [0.1, 0.15) is 17.3 Å². The average molecular weight is 428 g/mol. The van der Waals surface area contributed by atoms with Crippen molar-refractivity contribution in [2.45, 2.75) is 11.8 Å². The van der Waals surface area contributed by atoms with Crippen LogP contribution in [0.1, 0.15) is 5.56 Å². The molecule has 0 radical (unpaired) electrons. The highest BCUT2D eigenvalue weighted by Crippen LogP contribution is 2.24. The smallest absolute Gasteiger partial charge is 0.322 e. The summed E-state index contributed by atoms with van der Waals surface area (Å²) in [5, 5.41) is 8.91. The van der Waals surface area contributed by atoms with Crippen LogP contribution in [0.25, 0.3) is 0 Å². The second-order valence-corrected chi connectivity index (χ2v) is 7.92. The summed E-state index contributed by atoms with van der Waals surface area (Å²) < 4.78 is 43.0. The molecule has 154 valence electrons. The molecule has 5 N–H and O–H groups in total. The Morgan fingerprint density at radius 1 is 1.17 bits per heavy atom. The van der Waals surface area contributed by atoms with Gasteiger partial charge in [0.25, 0.3) is 0 Å². The number of aryl methyl sites for hydroxylation is 1. The first-order valence-corrected chi connectivity index (χ1v) is 10.3. The Kier molecular flexibility index (Phi) is 6.15. The number of halogens is 1. The van der Waals surface area contributed by atoms with E-state index in [1.807, 2.05) is 0 Å². The quantitative estimate of drug-likeness (QED) is 0.494. The summed E-state index contributed by atoms with van der Waals surface area (Å²) in [5.41, 5.74) is 1.57. The fourth-order valence-electron chi connectivity index (χ4n) is 2.55. The molecule has 30 heavy (non-hydrogen) atoms. The first-order chi connectivity index (χ1) is 14.3. The number of benzene rings is 2. The van der Waals surface area contributed by atoms with Gasteiger partial charge in [-0.05, 0) is 48.9 Å². The number of ether oxygens (including phenoxy) is 1. The molecule has 0 atom stereocenters. The van der Waals surface area contributed by atoms with Crippen LogP contribution in [0.4, 0.5) is 27.5 Å². The standard InChI is InChI=1S/C20H18FN5O3S/c1-3-10-29-16-8-6-14(7-9-16)24-19-17(21)12-23-20(26-19)25-15-5-4-13(2)18(11-15)30(22,27)28/h1,4-9,11-12H,10H2,2H3,(H2,22,27,28)(H2,23,24,25,26)/p+1. The number of anilines is 4. The van der Waals surface area contributed by atoms with E-state index in [0.29, 0.717) is 22.7 Å². The van der Waals surface area contributed by atoms with Crippen molar-refractivity contribution in [3.05, 3.63) is 60.0 Å². The second kappa shape index (κ2) is 8.77. The molecule has 2 aromatic carbocycles. The van der Waals surface area contributed by atoms with Crippen LogP contribution in [0.5, 0.6) is 5.75 Å². The first kappa shape index (κ1) is 21.0. The van der Waals surface area contributed by atoms with Gasteiger partial charge < -0.3 is 15.4 Å². The third kappa shape index (κ3) is 5.22. The Labute approximate surface area is 173 Å². The van der Waals surface area contributed by atoms with Crippen molar-refractivity contribution >= 4 is 33.2 Å². The molecule has 0 saturated heterocycles. The number of rotatable bonds is 7. The predicted molar refractivity (Wildman–Crippen MR) is 111 cm³/mol. The zero-order chi connectivity index (χ0) is 21.7. The van der Waals surface area contributed by atoms with E-state index >= 15 is 0 Å². The van der Waals surface area contributed by atoms with Crippen molar-refractivity contribution in [3.8, 4) is 18.1 Å². The Bertz CT molecular complexity index is 1210. The highest BCUT2D eigenvalue weighted by molar-refractivity contribution is 7.84. The van der Waals surface area contributed by atoms with E-state index in [9.17, 15) is 12.8 Å². The van der Waals surface area contributed by atoms with Crippen LogP contribution >= 0.6 is 0 Å². The molecule has 0 aliphatic carbocycles. The van der Waals surface area contributed by atoms with Gasteiger partial charge in [-0.25, -0.2) is 14.5 Å². The van der Waals surface area contributed by atoms with Crippen molar-refractivity contribution in [1.29, 1.82) is 0 Å². The monoisotopic (exact) mass is 428 g/mol. The number of sulfonamides is 1. The number of terminal acetylenes is 1. The fourth-order valence-corrected chi connectivity index (χ4v) is 3.42. The van der Waals surface area contributed by atoms with Gasteiger partial charge in [-0.1, -0.05) is 12.0 Å². The number of hydrogen-bond acceptors (Lipinski definition) is 7. The second-order valence-electron chi connectivity index (χ2n) is 6.25. The molecule has 3 aromatic rings. The molecule has 0 spiro atoms. The van der Waals surface area contributed by atoms with Gasteiger partial charge in [0.05, 0.1) is 6.20 Å². The van der Waals surface area contributed by atoms with Crippen molar-refractivity contribution in [2.24, 2.45) is 0 Å². The Hall–Kier alpha value is -3.68. The zero-order valence-electron chi connectivity index (χ0n) is 16.0. The number of nitrogens with zero attached hydrogens (tertiary/aromatic N) is 2. The highest BCUT2D eigenvalue weighted by Gasteiger charge is 2.16. The topological polar surface area (TPSA) is 121 Å². The van der Waals surface area contributed by atoms with Crippen LogP contribution in [-0.2, 0) is 10.0 Å². The van der Waals surface area contributed by atoms with Gasteiger partial charge in [-0.15, -0.1) is 6.42 Å². The Morgan fingerprint density at radius 3 is 2.53 bits per heavy atom. The molecule has 0 saturated carbocycles. The summed E-state index contributed by atoms with van der Waals surface area (Å²) in [5.74, 6) is 2.33. The molecule has 0 aliphatic heterocycles. The van der Waals surface area contributed by atoms with Crippen LogP contribution in [0, 0.1) is 25.1 Å². The van der Waals surface area contributed by atoms with E-state index < -0.39 is 15.8 Å². The number of aromatic nitrogens is 2. The van der Waals surface area contributed by atoms with E-state index in [4.69, 9.17) is 11.2 Å². The number of hydrogen-bond donors (Lipinski definition) is 3. The van der Waals surface area contributed by atoms with Crippen LogP contribution < -0.4 is 20.5 Å². The van der Waals surface area contributed by atoms with E-state index in [0.717, 1.165) is 6.20 Å². The van der Waals surface area contributed by atoms with Crippen molar-refractivity contribution in [3.63, 3.8) is 0 Å². The van der Waals surface area contributed by atoms with E-state index in [1.165, 1.54) is 6.07 Å². The largest absolute Gasteiger partial charge is 0.481 e. The molecule has 0 amide bonds. The lowest BCUT2D eigenvalue weighted by atomic mass is 10.2. The molecule has 8 nitrogen and oxygen atoms in total. The number of nitrogens with one attached hydrogen (secondary N) is 2. The molecule has 0 aliphatic rings. The lowest BCUT2D eigenvalue weighted by Crippen LogP contribution is -2.56. The van der Waals surface area contributed by atoms with Gasteiger partial charge in [-0.2, -0.15) is 13.4 Å². The third-order valence-electron chi connectivity index (χ3n) is 3.96. The van der Waals surface area contributed by atoms with Crippen LogP contribution in [0.15, 0.2) is 53.6 Å². The van der Waals surface area contributed by atoms with Gasteiger partial charge in [0.15, 0.2) is 11.6 Å². The molecule has 1 aromatic heterocycles. The molecule has 0 unspecified atom stereocenters. The van der Waals surface area contributed by atoms with E-state index in [1.54, 1.807) is 43.3 Å². The molecular formula is C20H19FN5O3S+. The average Bonchev–Trinajstić information content (AvgIpc) is 2.70. The van der Waals surface area contributed by atoms with Crippen LogP contribution in [0.3, 0.4) is 0 Å². The Morgan fingerprint density at radius 2 is 1.87 bits per heavy atom. The normalized spacial score (nSPS) is 10.9. The van der Waals surface area contributed by atoms with Crippen molar-refractivity contribution in [2.75, 3.05) is 17.2 Å². The molecular weight excluding hydrogens is 409 g/mol. The van der Waals surface area contributed by atoms with E-state index in [2.05, 4.69) is 31.7 Å². The predicted octanol–water partition coefficient (Wildman–Crippen LogP) is 2.35. The maximum Gasteiger partial charge on any atom is 0.322 e. The first-order valence-electron chi connectivity index (χ1n) is 8.68. The summed E-state index contributed by atoms with van der Waals surface area (Å²) >= 11 is 0. The molecule has 10 heteroatoms. The summed E-state index contributed by atoms with van der Waals surface area (Å²) in [6, 6.07) is 11.5. The maximum atomic E-state index is 14.2. The van der Waals surface area contributed by atoms with Gasteiger partial charge in [0, 0.05) is 11.4 Å². The number of quaternary nitrogens is 1. The lowest BCUT2D eigenvalue weighted by molar-refractivity contribution is -0.165. The molecule has 1 heterocycles. The molecule has 0 fully saturated rings. The zero-order valence-corrected chi connectivity index (χ0v) is 16.8. The maximum absolute atomic E-state index is 14.2. The summed E-state index contributed by atoms with van der Waals surface area (Å²) in [6.45, 7) is 1.82.